The Morgan fingerprint density at radius 1 is 0.977 bits per heavy atom. The van der Waals surface area contributed by atoms with Gasteiger partial charge in [-0.1, -0.05) is 36.8 Å². The summed E-state index contributed by atoms with van der Waals surface area (Å²) in [7, 11) is 3.42. The maximum atomic E-state index is 13.3. The average Bonchev–Trinajstić information content (AvgIpc) is 3.15. The van der Waals surface area contributed by atoms with E-state index in [-0.39, 0.29) is 18.7 Å². The van der Waals surface area contributed by atoms with Gasteiger partial charge in [0.25, 0.3) is 0 Å². The van der Waals surface area contributed by atoms with Crippen molar-refractivity contribution in [2.24, 2.45) is 5.41 Å². The van der Waals surface area contributed by atoms with Crippen LogP contribution in [0.15, 0.2) is 48.5 Å². The molecule has 0 bridgehead atoms. The van der Waals surface area contributed by atoms with Gasteiger partial charge in [0.2, 0.25) is 11.8 Å². The van der Waals surface area contributed by atoms with Crippen LogP contribution in [0.1, 0.15) is 71.8 Å². The van der Waals surface area contributed by atoms with E-state index in [0.29, 0.717) is 37.3 Å². The Balaban J connectivity index is 1.37. The van der Waals surface area contributed by atoms with Gasteiger partial charge >= 0.3 is 13.1 Å². The van der Waals surface area contributed by atoms with Gasteiger partial charge in [-0.2, -0.15) is 0 Å². The second-order valence-corrected chi connectivity index (χ2v) is 13.2. The van der Waals surface area contributed by atoms with Gasteiger partial charge in [0.15, 0.2) is 0 Å². The number of carbonyl (C=O) groups excluding carboxylic acids is 2. The fourth-order valence-electron chi connectivity index (χ4n) is 5.26. The van der Waals surface area contributed by atoms with Gasteiger partial charge in [-0.15, -0.1) is 0 Å². The topological polar surface area (TPSA) is 126 Å². The largest absolute Gasteiger partial charge is 0.498 e. The standard InChI is InChI=1S/C33H46BN3O7/c1-31(2)32(3,4)44-34(43-31)25-12-7-8-14-27(25)42-22-23-15-17-24(18-16-23)35-28(38)26(13-9-10-21-37(5)6)36-29(39)33(30(40)41)19-11-20-33/h7-8,12,14-18,26H,9-11,13,19-22H2,1-6H3,(H,35,38)(H,36,39)(H,40,41). The van der Waals surface area contributed by atoms with Crippen LogP contribution in [0.3, 0.4) is 0 Å². The number of aliphatic carboxylic acids is 1. The highest BCUT2D eigenvalue weighted by molar-refractivity contribution is 6.63. The zero-order chi connectivity index (χ0) is 32.1. The van der Waals surface area contributed by atoms with Crippen molar-refractivity contribution in [1.29, 1.82) is 0 Å². The number of anilines is 1. The van der Waals surface area contributed by atoms with Crippen molar-refractivity contribution in [1.82, 2.24) is 10.2 Å². The minimum Gasteiger partial charge on any atom is -0.489 e. The predicted molar refractivity (Wildman–Crippen MR) is 170 cm³/mol. The lowest BCUT2D eigenvalue weighted by Crippen LogP contribution is -2.55. The quantitative estimate of drug-likeness (QED) is 0.167. The third kappa shape index (κ3) is 7.62. The number of unbranched alkanes of at least 4 members (excludes halogenated alkanes) is 1. The number of ether oxygens (including phenoxy) is 1. The molecule has 2 aliphatic rings. The molecule has 1 aliphatic carbocycles. The Kier molecular flexibility index (Phi) is 10.4. The molecule has 0 spiro atoms. The second kappa shape index (κ2) is 13.7. The van der Waals surface area contributed by atoms with E-state index in [9.17, 15) is 19.5 Å². The first kappa shape index (κ1) is 33.5. The predicted octanol–water partition coefficient (Wildman–Crippen LogP) is 3.97. The fraction of sp³-hybridized carbons (Fsp3) is 0.545. The number of carbonyl (C=O) groups is 3. The fourth-order valence-corrected chi connectivity index (χ4v) is 5.26. The lowest BCUT2D eigenvalue weighted by atomic mass is 9.68. The van der Waals surface area contributed by atoms with Crippen molar-refractivity contribution in [3.63, 3.8) is 0 Å². The summed E-state index contributed by atoms with van der Waals surface area (Å²) in [4.78, 5) is 40.2. The Hall–Kier alpha value is -3.41. The van der Waals surface area contributed by atoms with Gasteiger partial charge in [-0.05, 0) is 104 Å². The summed E-state index contributed by atoms with van der Waals surface area (Å²) >= 11 is 0. The number of nitrogens with zero attached hydrogens (tertiary/aromatic N) is 1. The molecular weight excluding hydrogens is 561 g/mol. The summed E-state index contributed by atoms with van der Waals surface area (Å²) < 4.78 is 18.6. The summed E-state index contributed by atoms with van der Waals surface area (Å²) in [5.41, 5.74) is -0.0818. The maximum Gasteiger partial charge on any atom is 0.498 e. The van der Waals surface area contributed by atoms with Crippen LogP contribution in [0, 0.1) is 5.41 Å². The number of para-hydroxylation sites is 1. The van der Waals surface area contributed by atoms with E-state index in [0.717, 1.165) is 24.0 Å². The molecule has 0 radical (unpaired) electrons. The van der Waals surface area contributed by atoms with E-state index >= 15 is 0 Å². The molecule has 238 valence electrons. The molecule has 44 heavy (non-hydrogen) atoms. The lowest BCUT2D eigenvalue weighted by molar-refractivity contribution is -0.162. The Morgan fingerprint density at radius 3 is 2.18 bits per heavy atom. The molecule has 2 aromatic carbocycles. The average molecular weight is 608 g/mol. The van der Waals surface area contributed by atoms with Gasteiger partial charge < -0.3 is 34.7 Å². The van der Waals surface area contributed by atoms with Crippen molar-refractivity contribution in [2.45, 2.75) is 90.1 Å². The van der Waals surface area contributed by atoms with E-state index in [1.165, 1.54) is 0 Å². The minimum atomic E-state index is -1.44. The highest BCUT2D eigenvalue weighted by Gasteiger charge is 2.53. The number of hydrogen-bond donors (Lipinski definition) is 3. The van der Waals surface area contributed by atoms with Gasteiger partial charge in [-0.3, -0.25) is 14.4 Å². The second-order valence-electron chi connectivity index (χ2n) is 13.2. The molecule has 1 saturated carbocycles. The smallest absolute Gasteiger partial charge is 0.489 e. The zero-order valence-electron chi connectivity index (χ0n) is 26.8. The summed E-state index contributed by atoms with van der Waals surface area (Å²) in [5.74, 6) is -1.42. The van der Waals surface area contributed by atoms with Crippen LogP contribution in [0.25, 0.3) is 0 Å². The third-order valence-corrected chi connectivity index (χ3v) is 9.06. The first-order valence-electron chi connectivity index (χ1n) is 15.4. The molecule has 2 fully saturated rings. The highest BCUT2D eigenvalue weighted by Crippen LogP contribution is 2.41. The Morgan fingerprint density at radius 2 is 1.61 bits per heavy atom. The van der Waals surface area contributed by atoms with Crippen molar-refractivity contribution in [3.8, 4) is 5.75 Å². The molecule has 1 atom stereocenters. The molecule has 4 rings (SSSR count). The Labute approximate surface area is 261 Å². The van der Waals surface area contributed by atoms with Crippen LogP contribution in [0.5, 0.6) is 5.75 Å². The van der Waals surface area contributed by atoms with E-state index in [2.05, 4.69) is 15.5 Å². The molecular formula is C33H46BN3O7. The SMILES string of the molecule is CN(C)CCCCC(NC(=O)C1(C(=O)O)CCC1)C(=O)Nc1ccc(COc2ccccc2B2OC(C)(C)C(C)(C)O2)cc1. The first-order valence-corrected chi connectivity index (χ1v) is 15.4. The maximum absolute atomic E-state index is 13.3. The number of hydrogen-bond acceptors (Lipinski definition) is 7. The molecule has 1 unspecified atom stereocenters. The van der Waals surface area contributed by atoms with Crippen LogP contribution in [0.2, 0.25) is 0 Å². The summed E-state index contributed by atoms with van der Waals surface area (Å²) in [6.07, 6.45) is 3.22. The lowest BCUT2D eigenvalue weighted by Gasteiger charge is -2.37. The van der Waals surface area contributed by atoms with Crippen LogP contribution in [0.4, 0.5) is 5.69 Å². The van der Waals surface area contributed by atoms with Crippen LogP contribution >= 0.6 is 0 Å². The van der Waals surface area contributed by atoms with Crippen molar-refractivity contribution in [3.05, 3.63) is 54.1 Å². The van der Waals surface area contributed by atoms with Crippen molar-refractivity contribution < 1.29 is 33.5 Å². The normalized spacial score (nSPS) is 18.8. The minimum absolute atomic E-state index is 0.286. The van der Waals surface area contributed by atoms with Crippen LogP contribution in [-0.4, -0.2) is 72.8 Å². The molecule has 10 nitrogen and oxygen atoms in total. The van der Waals surface area contributed by atoms with E-state index < -0.39 is 41.7 Å². The number of nitrogens with one attached hydrogen (secondary N) is 2. The number of benzene rings is 2. The Bertz CT molecular complexity index is 1310. The van der Waals surface area contributed by atoms with Crippen molar-refractivity contribution >= 4 is 36.1 Å². The molecule has 1 saturated heterocycles. The number of amides is 2. The van der Waals surface area contributed by atoms with Crippen molar-refractivity contribution in [2.75, 3.05) is 26.0 Å². The third-order valence-electron chi connectivity index (χ3n) is 9.06. The van der Waals surface area contributed by atoms with Crippen LogP contribution in [-0.2, 0) is 30.3 Å². The molecule has 1 aliphatic heterocycles. The highest BCUT2D eigenvalue weighted by atomic mass is 16.7. The molecule has 11 heteroatoms. The van der Waals surface area contributed by atoms with Gasteiger partial charge in [0, 0.05) is 11.2 Å². The number of carboxylic acid groups (broad SMARTS) is 1. The van der Waals surface area contributed by atoms with Gasteiger partial charge in [-0.25, -0.2) is 0 Å². The monoisotopic (exact) mass is 607 g/mol. The number of rotatable bonds is 14. The summed E-state index contributed by atoms with van der Waals surface area (Å²) in [6.45, 7) is 9.20. The van der Waals surface area contributed by atoms with E-state index in [1.54, 1.807) is 12.1 Å². The van der Waals surface area contributed by atoms with Gasteiger partial charge in [0.1, 0.15) is 23.8 Å². The summed E-state index contributed by atoms with van der Waals surface area (Å²) in [6, 6.07) is 14.1. The zero-order valence-corrected chi connectivity index (χ0v) is 26.8. The van der Waals surface area contributed by atoms with Gasteiger partial charge in [0.05, 0.1) is 11.2 Å². The molecule has 1 heterocycles. The molecule has 2 aromatic rings. The molecule has 0 aromatic heterocycles. The van der Waals surface area contributed by atoms with E-state index in [4.69, 9.17) is 14.0 Å². The number of carboxylic acids is 1. The first-order chi connectivity index (χ1) is 20.7. The van der Waals surface area contributed by atoms with Crippen LogP contribution < -0.4 is 20.8 Å². The van der Waals surface area contributed by atoms with E-state index in [1.807, 2.05) is 78.2 Å². The molecule has 2 amide bonds. The summed E-state index contributed by atoms with van der Waals surface area (Å²) in [5, 5.41) is 15.3. The molecule has 3 N–H and O–H groups in total.